The number of nitrogens with one attached hydrogen (secondary N) is 2. The highest BCUT2D eigenvalue weighted by Gasteiger charge is 2.27. The van der Waals surface area contributed by atoms with Gasteiger partial charge in [-0.2, -0.15) is 0 Å². The Bertz CT molecular complexity index is 1050. The first-order valence-electron chi connectivity index (χ1n) is 10.3. The molecule has 1 fully saturated rings. The molecule has 0 spiro atoms. The van der Waals surface area contributed by atoms with Crippen LogP contribution in [0.2, 0.25) is 0 Å². The van der Waals surface area contributed by atoms with Gasteiger partial charge in [-0.05, 0) is 61.6 Å². The van der Waals surface area contributed by atoms with E-state index in [2.05, 4.69) is 10.3 Å². The van der Waals surface area contributed by atoms with Crippen LogP contribution in [0.15, 0.2) is 42.5 Å². The number of carbonyl (C=O) groups is 2. The molecule has 148 valence electrons. The molecule has 1 aromatic heterocycles. The zero-order valence-corrected chi connectivity index (χ0v) is 16.3. The molecule has 1 saturated heterocycles. The molecule has 0 unspecified atom stereocenters. The van der Waals surface area contributed by atoms with Crippen molar-refractivity contribution in [2.45, 2.75) is 38.0 Å². The fourth-order valence-corrected chi connectivity index (χ4v) is 4.41. The summed E-state index contributed by atoms with van der Waals surface area (Å²) in [5, 5.41) is 2.93. The topological polar surface area (TPSA) is 78.1 Å². The summed E-state index contributed by atoms with van der Waals surface area (Å²) in [6.45, 7) is 1.46. The van der Waals surface area contributed by atoms with Crippen molar-refractivity contribution in [2.24, 2.45) is 0 Å². The van der Waals surface area contributed by atoms with Gasteiger partial charge in [-0.3, -0.25) is 9.59 Å². The molecule has 0 radical (unpaired) electrons. The number of carbonyl (C=O) groups excluding carboxylic acids is 2. The van der Waals surface area contributed by atoms with Crippen molar-refractivity contribution in [3.8, 4) is 0 Å². The molecule has 29 heavy (non-hydrogen) atoms. The lowest BCUT2D eigenvalue weighted by Gasteiger charge is -2.31. The number of aromatic nitrogens is 2. The normalized spacial score (nSPS) is 17.7. The van der Waals surface area contributed by atoms with E-state index in [1.807, 2.05) is 47.4 Å². The SMILES string of the molecule is O=C1CCCc2cc(C(=O)N3CCC(c4nc5ccccc5[nH]4)CC3)ccc2N1. The summed E-state index contributed by atoms with van der Waals surface area (Å²) in [4.78, 5) is 34.9. The Morgan fingerprint density at radius 2 is 1.90 bits per heavy atom. The third-order valence-electron chi connectivity index (χ3n) is 6.05. The Hall–Kier alpha value is -3.15. The molecule has 0 bridgehead atoms. The summed E-state index contributed by atoms with van der Waals surface area (Å²) in [5.74, 6) is 1.51. The predicted molar refractivity (Wildman–Crippen MR) is 112 cm³/mol. The summed E-state index contributed by atoms with van der Waals surface area (Å²) >= 11 is 0. The molecule has 2 aromatic carbocycles. The van der Waals surface area contributed by atoms with Crippen molar-refractivity contribution in [1.82, 2.24) is 14.9 Å². The Morgan fingerprint density at radius 3 is 2.72 bits per heavy atom. The first-order chi connectivity index (χ1) is 14.2. The second-order valence-electron chi connectivity index (χ2n) is 7.98. The van der Waals surface area contributed by atoms with E-state index in [1.165, 1.54) is 0 Å². The number of benzene rings is 2. The number of para-hydroxylation sites is 2. The lowest BCUT2D eigenvalue weighted by atomic mass is 9.95. The molecular weight excluding hydrogens is 364 g/mol. The van der Waals surface area contributed by atoms with Crippen LogP contribution < -0.4 is 5.32 Å². The van der Waals surface area contributed by atoms with E-state index in [9.17, 15) is 9.59 Å². The zero-order valence-electron chi connectivity index (χ0n) is 16.3. The summed E-state index contributed by atoms with van der Waals surface area (Å²) in [7, 11) is 0. The summed E-state index contributed by atoms with van der Waals surface area (Å²) in [6.07, 6.45) is 4.00. The van der Waals surface area contributed by atoms with E-state index in [1.54, 1.807) is 0 Å². The van der Waals surface area contributed by atoms with E-state index < -0.39 is 0 Å². The van der Waals surface area contributed by atoms with Crippen LogP contribution in [-0.4, -0.2) is 39.8 Å². The largest absolute Gasteiger partial charge is 0.342 e. The molecule has 6 nitrogen and oxygen atoms in total. The van der Waals surface area contributed by atoms with Gasteiger partial charge in [-0.25, -0.2) is 4.98 Å². The molecule has 2 aliphatic heterocycles. The molecule has 0 atom stereocenters. The zero-order chi connectivity index (χ0) is 19.8. The quantitative estimate of drug-likeness (QED) is 0.700. The van der Waals surface area contributed by atoms with Gasteiger partial charge in [0, 0.05) is 36.7 Å². The third kappa shape index (κ3) is 3.50. The van der Waals surface area contributed by atoms with Crippen LogP contribution in [0.1, 0.15) is 53.3 Å². The minimum atomic E-state index is 0.0514. The average Bonchev–Trinajstić information content (AvgIpc) is 3.09. The van der Waals surface area contributed by atoms with Crippen LogP contribution in [0.25, 0.3) is 11.0 Å². The first-order valence-corrected chi connectivity index (χ1v) is 10.3. The van der Waals surface area contributed by atoms with Crippen LogP contribution >= 0.6 is 0 Å². The monoisotopic (exact) mass is 388 g/mol. The fraction of sp³-hybridized carbons (Fsp3) is 0.348. The number of aryl methyl sites for hydroxylation is 1. The van der Waals surface area contributed by atoms with E-state index in [4.69, 9.17) is 4.98 Å². The van der Waals surface area contributed by atoms with Gasteiger partial charge in [0.1, 0.15) is 5.82 Å². The van der Waals surface area contributed by atoms with Gasteiger partial charge in [0.05, 0.1) is 11.0 Å². The number of fused-ring (bicyclic) bond motifs is 2. The molecule has 6 heteroatoms. The predicted octanol–water partition coefficient (Wildman–Crippen LogP) is 3.86. The minimum absolute atomic E-state index is 0.0514. The number of anilines is 1. The van der Waals surface area contributed by atoms with Crippen molar-refractivity contribution in [1.29, 1.82) is 0 Å². The van der Waals surface area contributed by atoms with Crippen LogP contribution in [0, 0.1) is 0 Å². The maximum absolute atomic E-state index is 13.0. The highest BCUT2D eigenvalue weighted by molar-refractivity contribution is 5.97. The molecule has 3 heterocycles. The Labute approximate surface area is 169 Å². The van der Waals surface area contributed by atoms with Crippen molar-refractivity contribution in [3.05, 3.63) is 59.4 Å². The fourth-order valence-electron chi connectivity index (χ4n) is 4.41. The standard InChI is InChI=1S/C23H24N4O2/c28-21-7-3-4-16-14-17(8-9-18(16)24-21)23(29)27-12-10-15(11-13-27)22-25-19-5-1-2-6-20(19)26-22/h1-2,5-6,8-9,14-15H,3-4,7,10-13H2,(H,24,28)(H,25,26). The number of piperidine rings is 1. The summed E-state index contributed by atoms with van der Waals surface area (Å²) in [6, 6.07) is 13.7. The molecule has 0 saturated carbocycles. The lowest BCUT2D eigenvalue weighted by molar-refractivity contribution is -0.116. The van der Waals surface area contributed by atoms with Crippen molar-refractivity contribution in [2.75, 3.05) is 18.4 Å². The van der Waals surface area contributed by atoms with Gasteiger partial charge >= 0.3 is 0 Å². The summed E-state index contributed by atoms with van der Waals surface area (Å²) < 4.78 is 0. The minimum Gasteiger partial charge on any atom is -0.342 e. The molecular formula is C23H24N4O2. The Balaban J connectivity index is 1.27. The smallest absolute Gasteiger partial charge is 0.253 e. The molecule has 5 rings (SSSR count). The summed E-state index contributed by atoms with van der Waals surface area (Å²) in [5.41, 5.74) is 4.67. The number of amides is 2. The van der Waals surface area contributed by atoms with Crippen LogP contribution in [-0.2, 0) is 11.2 Å². The second-order valence-corrected chi connectivity index (χ2v) is 7.98. The number of imidazole rings is 1. The van der Waals surface area contributed by atoms with E-state index in [0.29, 0.717) is 17.9 Å². The second kappa shape index (κ2) is 7.35. The van der Waals surface area contributed by atoms with Crippen LogP contribution in [0.3, 0.4) is 0 Å². The van der Waals surface area contributed by atoms with E-state index in [-0.39, 0.29) is 11.8 Å². The van der Waals surface area contributed by atoms with Gasteiger partial charge in [-0.1, -0.05) is 12.1 Å². The number of nitrogens with zero attached hydrogens (tertiary/aromatic N) is 2. The van der Waals surface area contributed by atoms with Crippen molar-refractivity contribution < 1.29 is 9.59 Å². The van der Waals surface area contributed by atoms with Gasteiger partial charge in [0.25, 0.3) is 5.91 Å². The Kier molecular flexibility index (Phi) is 4.54. The number of rotatable bonds is 2. The van der Waals surface area contributed by atoms with Gasteiger partial charge in [0.15, 0.2) is 0 Å². The number of aromatic amines is 1. The van der Waals surface area contributed by atoms with Crippen LogP contribution in [0.5, 0.6) is 0 Å². The molecule has 2 aliphatic rings. The van der Waals surface area contributed by atoms with Gasteiger partial charge in [0.2, 0.25) is 5.91 Å². The van der Waals surface area contributed by atoms with E-state index in [0.717, 1.165) is 66.9 Å². The highest BCUT2D eigenvalue weighted by atomic mass is 16.2. The number of H-pyrrole nitrogens is 1. The third-order valence-corrected chi connectivity index (χ3v) is 6.05. The Morgan fingerprint density at radius 1 is 1.07 bits per heavy atom. The molecule has 0 aliphatic carbocycles. The molecule has 2 amide bonds. The van der Waals surface area contributed by atoms with Crippen LogP contribution in [0.4, 0.5) is 5.69 Å². The maximum atomic E-state index is 13.0. The highest BCUT2D eigenvalue weighted by Crippen LogP contribution is 2.29. The molecule has 2 N–H and O–H groups in total. The maximum Gasteiger partial charge on any atom is 0.253 e. The average molecular weight is 388 g/mol. The first kappa shape index (κ1) is 17.9. The van der Waals surface area contributed by atoms with E-state index >= 15 is 0 Å². The number of hydrogen-bond acceptors (Lipinski definition) is 3. The molecule has 3 aromatic rings. The van der Waals surface area contributed by atoms with Crippen molar-refractivity contribution >= 4 is 28.5 Å². The number of likely N-dealkylation sites (tertiary alicyclic amines) is 1. The number of hydrogen-bond donors (Lipinski definition) is 2. The van der Waals surface area contributed by atoms with Gasteiger partial charge < -0.3 is 15.2 Å². The van der Waals surface area contributed by atoms with Crippen molar-refractivity contribution in [3.63, 3.8) is 0 Å². The lowest BCUT2D eigenvalue weighted by Crippen LogP contribution is -2.38. The van der Waals surface area contributed by atoms with Gasteiger partial charge in [-0.15, -0.1) is 0 Å².